The van der Waals surface area contributed by atoms with Crippen LogP contribution in [0.1, 0.15) is 29.9 Å². The van der Waals surface area contributed by atoms with E-state index in [9.17, 15) is 9.59 Å². The number of rotatable bonds is 4. The minimum absolute atomic E-state index is 0.0288. The predicted molar refractivity (Wildman–Crippen MR) is 93.4 cm³/mol. The molecule has 8 nitrogen and oxygen atoms in total. The molecule has 0 bridgehead atoms. The summed E-state index contributed by atoms with van der Waals surface area (Å²) in [5, 5.41) is 3.03. The summed E-state index contributed by atoms with van der Waals surface area (Å²) in [6.07, 6.45) is 6.94. The van der Waals surface area contributed by atoms with Crippen molar-refractivity contribution in [3.05, 3.63) is 46.0 Å². The molecule has 1 aliphatic heterocycles. The molecule has 3 rings (SSSR count). The smallest absolute Gasteiger partial charge is 0.254 e. The van der Waals surface area contributed by atoms with E-state index in [-0.39, 0.29) is 23.9 Å². The summed E-state index contributed by atoms with van der Waals surface area (Å²) in [6, 6.07) is 0.0288. The molecule has 0 spiro atoms. The van der Waals surface area contributed by atoms with E-state index in [1.54, 1.807) is 32.4 Å². The molecule has 0 radical (unpaired) electrons. The molecule has 0 unspecified atom stereocenters. The average molecular weight is 342 g/mol. The van der Waals surface area contributed by atoms with Gasteiger partial charge in [-0.2, -0.15) is 0 Å². The standard InChI is InChI=1S/C17H22N6O2/c1-11-14(17(25)21-12(2)20-11)8-16(24)22-13-4-3-7-23(10-13)15-9-18-5-6-19-15/h5-6,9,13H,3-4,7-8,10H2,1-2H3,(H,22,24)(H,20,21,25)/t13-/m1/s1. The van der Waals surface area contributed by atoms with Gasteiger partial charge in [-0.05, 0) is 26.7 Å². The van der Waals surface area contributed by atoms with E-state index in [1.807, 2.05) is 0 Å². The molecule has 8 heteroatoms. The van der Waals surface area contributed by atoms with Gasteiger partial charge in [0.1, 0.15) is 11.6 Å². The number of amides is 1. The number of carbonyl (C=O) groups is 1. The van der Waals surface area contributed by atoms with E-state index in [0.29, 0.717) is 23.6 Å². The van der Waals surface area contributed by atoms with Crippen LogP contribution in [0.15, 0.2) is 23.4 Å². The van der Waals surface area contributed by atoms with Crippen LogP contribution in [0, 0.1) is 13.8 Å². The predicted octanol–water partition coefficient (Wildman–Crippen LogP) is 0.504. The number of piperidine rings is 1. The third-order valence-corrected chi connectivity index (χ3v) is 4.34. The highest BCUT2D eigenvalue weighted by Gasteiger charge is 2.23. The Morgan fingerprint density at radius 3 is 2.96 bits per heavy atom. The maximum absolute atomic E-state index is 12.4. The lowest BCUT2D eigenvalue weighted by Gasteiger charge is -2.33. The van der Waals surface area contributed by atoms with Crippen LogP contribution in [0.3, 0.4) is 0 Å². The van der Waals surface area contributed by atoms with Gasteiger partial charge in [0.25, 0.3) is 5.56 Å². The van der Waals surface area contributed by atoms with Gasteiger partial charge in [-0.1, -0.05) is 0 Å². The molecular weight excluding hydrogens is 320 g/mol. The third kappa shape index (κ3) is 4.20. The first-order valence-electron chi connectivity index (χ1n) is 8.39. The highest BCUT2D eigenvalue weighted by atomic mass is 16.2. The molecule has 132 valence electrons. The summed E-state index contributed by atoms with van der Waals surface area (Å²) in [5.74, 6) is 1.21. The van der Waals surface area contributed by atoms with Gasteiger partial charge in [0.05, 0.1) is 12.6 Å². The maximum Gasteiger partial charge on any atom is 0.254 e. The van der Waals surface area contributed by atoms with Crippen molar-refractivity contribution >= 4 is 11.7 Å². The largest absolute Gasteiger partial charge is 0.353 e. The van der Waals surface area contributed by atoms with Gasteiger partial charge in [-0.3, -0.25) is 14.6 Å². The van der Waals surface area contributed by atoms with Crippen LogP contribution in [-0.4, -0.2) is 45.0 Å². The van der Waals surface area contributed by atoms with Crippen LogP contribution in [0.25, 0.3) is 0 Å². The topological polar surface area (TPSA) is 104 Å². The van der Waals surface area contributed by atoms with Crippen molar-refractivity contribution in [2.24, 2.45) is 0 Å². The second-order valence-electron chi connectivity index (χ2n) is 6.31. The van der Waals surface area contributed by atoms with Crippen LogP contribution in [0.5, 0.6) is 0 Å². The van der Waals surface area contributed by atoms with Gasteiger partial charge < -0.3 is 15.2 Å². The number of carbonyl (C=O) groups excluding carboxylic acids is 1. The third-order valence-electron chi connectivity index (χ3n) is 4.34. The molecule has 1 aliphatic rings. The molecule has 0 aromatic carbocycles. The van der Waals surface area contributed by atoms with Crippen molar-refractivity contribution in [3.63, 3.8) is 0 Å². The monoisotopic (exact) mass is 342 g/mol. The second-order valence-corrected chi connectivity index (χ2v) is 6.31. The highest BCUT2D eigenvalue weighted by molar-refractivity contribution is 5.79. The fraction of sp³-hybridized carbons (Fsp3) is 0.471. The SMILES string of the molecule is Cc1nc(C)c(CC(=O)N[C@@H]2CCCN(c3cnccn3)C2)c(=O)[nH]1. The zero-order chi connectivity index (χ0) is 17.8. The number of aromatic amines is 1. The average Bonchev–Trinajstić information content (AvgIpc) is 2.59. The summed E-state index contributed by atoms with van der Waals surface area (Å²) < 4.78 is 0. The van der Waals surface area contributed by atoms with Crippen molar-refractivity contribution in [2.45, 2.75) is 39.2 Å². The molecule has 0 aliphatic carbocycles. The summed E-state index contributed by atoms with van der Waals surface area (Å²) in [5.41, 5.74) is 0.774. The first kappa shape index (κ1) is 17.1. The molecule has 25 heavy (non-hydrogen) atoms. The Balaban J connectivity index is 1.62. The summed E-state index contributed by atoms with van der Waals surface area (Å²) in [6.45, 7) is 5.06. The number of anilines is 1. The van der Waals surface area contributed by atoms with E-state index < -0.39 is 0 Å². The second kappa shape index (κ2) is 7.42. The number of H-pyrrole nitrogens is 1. The Morgan fingerprint density at radius 2 is 2.24 bits per heavy atom. The van der Waals surface area contributed by atoms with E-state index in [0.717, 1.165) is 25.2 Å². The summed E-state index contributed by atoms with van der Waals surface area (Å²) in [7, 11) is 0. The molecule has 3 heterocycles. The molecule has 0 saturated carbocycles. The van der Waals surface area contributed by atoms with Crippen molar-refractivity contribution in [3.8, 4) is 0 Å². The van der Waals surface area contributed by atoms with E-state index >= 15 is 0 Å². The number of aromatic nitrogens is 4. The molecule has 2 aromatic heterocycles. The van der Waals surface area contributed by atoms with Crippen LogP contribution < -0.4 is 15.8 Å². The Hall–Kier alpha value is -2.77. The summed E-state index contributed by atoms with van der Waals surface area (Å²) >= 11 is 0. The summed E-state index contributed by atoms with van der Waals surface area (Å²) in [4.78, 5) is 41.8. The number of hydrogen-bond donors (Lipinski definition) is 2. The van der Waals surface area contributed by atoms with Crippen LogP contribution in [0.4, 0.5) is 5.82 Å². The van der Waals surface area contributed by atoms with Gasteiger partial charge in [0.2, 0.25) is 5.91 Å². The van der Waals surface area contributed by atoms with Gasteiger partial charge >= 0.3 is 0 Å². The van der Waals surface area contributed by atoms with E-state index in [2.05, 4.69) is 30.2 Å². The van der Waals surface area contributed by atoms with Crippen molar-refractivity contribution in [2.75, 3.05) is 18.0 Å². The lowest BCUT2D eigenvalue weighted by molar-refractivity contribution is -0.121. The first-order chi connectivity index (χ1) is 12.0. The fourth-order valence-corrected chi connectivity index (χ4v) is 3.16. The first-order valence-corrected chi connectivity index (χ1v) is 8.39. The van der Waals surface area contributed by atoms with Crippen molar-refractivity contribution < 1.29 is 4.79 Å². The van der Waals surface area contributed by atoms with Crippen LogP contribution in [0.2, 0.25) is 0 Å². The van der Waals surface area contributed by atoms with Crippen molar-refractivity contribution in [1.29, 1.82) is 0 Å². The molecule has 1 amide bonds. The molecule has 1 saturated heterocycles. The Kier molecular flexibility index (Phi) is 5.06. The quantitative estimate of drug-likeness (QED) is 0.839. The lowest BCUT2D eigenvalue weighted by atomic mass is 10.0. The maximum atomic E-state index is 12.4. The normalized spacial score (nSPS) is 17.4. The van der Waals surface area contributed by atoms with Gasteiger partial charge in [0.15, 0.2) is 0 Å². The van der Waals surface area contributed by atoms with Gasteiger partial charge in [-0.15, -0.1) is 0 Å². The number of hydrogen-bond acceptors (Lipinski definition) is 6. The van der Waals surface area contributed by atoms with Gasteiger partial charge in [0, 0.05) is 42.8 Å². The molecular formula is C17H22N6O2. The Bertz CT molecular complexity index is 805. The molecule has 2 N–H and O–H groups in total. The number of nitrogens with zero attached hydrogens (tertiary/aromatic N) is 4. The number of nitrogens with one attached hydrogen (secondary N) is 2. The lowest BCUT2D eigenvalue weighted by Crippen LogP contribution is -2.48. The van der Waals surface area contributed by atoms with Crippen LogP contribution in [-0.2, 0) is 11.2 Å². The Morgan fingerprint density at radius 1 is 1.40 bits per heavy atom. The number of aryl methyl sites for hydroxylation is 2. The zero-order valence-corrected chi connectivity index (χ0v) is 14.5. The Labute approximate surface area is 145 Å². The van der Waals surface area contributed by atoms with E-state index in [1.165, 1.54) is 0 Å². The van der Waals surface area contributed by atoms with Crippen molar-refractivity contribution in [1.82, 2.24) is 25.3 Å². The highest BCUT2D eigenvalue weighted by Crippen LogP contribution is 2.16. The van der Waals surface area contributed by atoms with Gasteiger partial charge in [-0.25, -0.2) is 9.97 Å². The minimum Gasteiger partial charge on any atom is -0.353 e. The molecule has 1 atom stereocenters. The van der Waals surface area contributed by atoms with Crippen LogP contribution >= 0.6 is 0 Å². The molecule has 1 fully saturated rings. The van der Waals surface area contributed by atoms with E-state index in [4.69, 9.17) is 0 Å². The minimum atomic E-state index is -0.245. The fourth-order valence-electron chi connectivity index (χ4n) is 3.16. The zero-order valence-electron chi connectivity index (χ0n) is 14.5. The molecule has 2 aromatic rings.